The minimum absolute atomic E-state index is 0.0661. The Bertz CT molecular complexity index is 365. The van der Waals surface area contributed by atoms with Gasteiger partial charge >= 0.3 is 0 Å². The molecule has 0 aromatic carbocycles. The molecule has 2 aliphatic rings. The van der Waals surface area contributed by atoms with Crippen LogP contribution in [0.15, 0.2) is 37.0 Å². The second-order valence-electron chi connectivity index (χ2n) is 3.51. The van der Waals surface area contributed by atoms with Gasteiger partial charge in [-0.05, 0) is 24.3 Å². The summed E-state index contributed by atoms with van der Waals surface area (Å²) >= 11 is 0. The molecule has 78 valence electrons. The van der Waals surface area contributed by atoms with Crippen LogP contribution in [0.25, 0.3) is 0 Å². The van der Waals surface area contributed by atoms with Gasteiger partial charge in [-0.15, -0.1) is 6.58 Å². The zero-order valence-corrected chi connectivity index (χ0v) is 8.18. The first-order valence-corrected chi connectivity index (χ1v) is 4.67. The van der Waals surface area contributed by atoms with Crippen LogP contribution in [-0.4, -0.2) is 28.9 Å². The first kappa shape index (κ1) is 9.86. The third-order valence-corrected chi connectivity index (χ3v) is 2.43. The van der Waals surface area contributed by atoms with Crippen molar-refractivity contribution in [3.05, 3.63) is 37.0 Å². The molecule has 0 radical (unpaired) electrons. The van der Waals surface area contributed by atoms with E-state index in [1.54, 1.807) is 18.2 Å². The third kappa shape index (κ3) is 1.53. The number of hydroxylamine groups is 2. The summed E-state index contributed by atoms with van der Waals surface area (Å²) in [6, 6.07) is 0. The summed E-state index contributed by atoms with van der Waals surface area (Å²) in [4.78, 5) is 27.5. The molecule has 1 spiro atoms. The average molecular weight is 205 g/mol. The van der Waals surface area contributed by atoms with Crippen molar-refractivity contribution in [2.75, 3.05) is 6.61 Å². The van der Waals surface area contributed by atoms with Gasteiger partial charge in [-0.3, -0.25) is 14.4 Å². The van der Waals surface area contributed by atoms with Crippen molar-refractivity contribution in [1.29, 1.82) is 0 Å². The molecule has 1 heterocycles. The van der Waals surface area contributed by atoms with Gasteiger partial charge in [0.05, 0.1) is 13.0 Å². The van der Waals surface area contributed by atoms with Crippen molar-refractivity contribution < 1.29 is 14.4 Å². The summed E-state index contributed by atoms with van der Waals surface area (Å²) in [5.41, 5.74) is -0.548. The van der Waals surface area contributed by atoms with Crippen molar-refractivity contribution in [3.63, 3.8) is 0 Å². The molecule has 0 unspecified atom stereocenters. The van der Waals surface area contributed by atoms with Crippen molar-refractivity contribution >= 4 is 11.7 Å². The van der Waals surface area contributed by atoms with Gasteiger partial charge in [-0.1, -0.05) is 6.08 Å². The highest BCUT2D eigenvalue weighted by atomic mass is 16.7. The van der Waals surface area contributed by atoms with Gasteiger partial charge < -0.3 is 0 Å². The van der Waals surface area contributed by atoms with E-state index < -0.39 is 5.54 Å². The molecule has 0 aromatic heterocycles. The summed E-state index contributed by atoms with van der Waals surface area (Å²) in [6.45, 7) is 3.79. The Morgan fingerprint density at radius 3 is 2.67 bits per heavy atom. The quantitative estimate of drug-likeness (QED) is 0.505. The summed E-state index contributed by atoms with van der Waals surface area (Å²) in [7, 11) is 0. The molecule has 1 aliphatic carbocycles. The van der Waals surface area contributed by atoms with Crippen molar-refractivity contribution in [3.8, 4) is 0 Å². The average Bonchev–Trinajstić information content (AvgIpc) is 2.22. The summed E-state index contributed by atoms with van der Waals surface area (Å²) in [5.74, 6) is -0.149. The predicted molar refractivity (Wildman–Crippen MR) is 53.6 cm³/mol. The van der Waals surface area contributed by atoms with Gasteiger partial charge in [-0.2, -0.15) is 0 Å². The Morgan fingerprint density at radius 2 is 2.13 bits per heavy atom. The highest BCUT2D eigenvalue weighted by molar-refractivity contribution is 6.02. The number of carbonyl (C=O) groups is 2. The maximum atomic E-state index is 11.3. The molecule has 1 amide bonds. The molecule has 0 N–H and O–H groups in total. The van der Waals surface area contributed by atoms with E-state index in [0.29, 0.717) is 6.42 Å². The van der Waals surface area contributed by atoms with Gasteiger partial charge in [0.1, 0.15) is 5.54 Å². The maximum absolute atomic E-state index is 11.3. The number of β-lactam (4-membered cyclic amide) rings is 1. The molecule has 0 aromatic rings. The fourth-order valence-electron chi connectivity index (χ4n) is 1.66. The molecular formula is C11H11NO3. The highest BCUT2D eigenvalue weighted by Gasteiger charge is 2.49. The fraction of sp³-hybridized carbons (Fsp3) is 0.273. The maximum Gasteiger partial charge on any atom is 0.250 e. The molecular weight excluding hydrogens is 194 g/mol. The molecule has 4 heteroatoms. The highest BCUT2D eigenvalue weighted by Crippen LogP contribution is 2.36. The Morgan fingerprint density at radius 1 is 1.47 bits per heavy atom. The van der Waals surface area contributed by atoms with Gasteiger partial charge in [-0.25, -0.2) is 5.06 Å². The molecule has 4 nitrogen and oxygen atoms in total. The number of nitrogens with zero attached hydrogens (tertiary/aromatic N) is 1. The monoisotopic (exact) mass is 205 g/mol. The number of hydrogen-bond donors (Lipinski definition) is 0. The van der Waals surface area contributed by atoms with Gasteiger partial charge in [0, 0.05) is 0 Å². The number of ketones is 1. The first-order chi connectivity index (χ1) is 7.18. The van der Waals surface area contributed by atoms with Crippen LogP contribution in [0.1, 0.15) is 6.42 Å². The van der Waals surface area contributed by atoms with E-state index in [4.69, 9.17) is 4.84 Å². The van der Waals surface area contributed by atoms with Crippen LogP contribution in [0.4, 0.5) is 0 Å². The SMILES string of the molecule is C=CCON1C(=O)CC12C=CC(=O)C=C2. The van der Waals surface area contributed by atoms with E-state index in [1.165, 1.54) is 17.2 Å². The lowest BCUT2D eigenvalue weighted by Crippen LogP contribution is -2.61. The smallest absolute Gasteiger partial charge is 0.250 e. The second-order valence-corrected chi connectivity index (χ2v) is 3.51. The summed E-state index contributed by atoms with van der Waals surface area (Å²) in [5, 5.41) is 1.29. The van der Waals surface area contributed by atoms with Crippen molar-refractivity contribution in [2.45, 2.75) is 12.0 Å². The lowest BCUT2D eigenvalue weighted by atomic mass is 9.83. The van der Waals surface area contributed by atoms with E-state index in [9.17, 15) is 9.59 Å². The summed E-state index contributed by atoms with van der Waals surface area (Å²) < 4.78 is 0. The Kier molecular flexibility index (Phi) is 2.28. The van der Waals surface area contributed by atoms with Crippen LogP contribution in [0.5, 0.6) is 0 Å². The third-order valence-electron chi connectivity index (χ3n) is 2.43. The predicted octanol–water partition coefficient (Wildman–Crippen LogP) is 0.770. The first-order valence-electron chi connectivity index (χ1n) is 4.67. The molecule has 15 heavy (non-hydrogen) atoms. The normalized spacial score (nSPS) is 22.0. The van der Waals surface area contributed by atoms with Gasteiger partial charge in [0.2, 0.25) is 5.91 Å². The number of carbonyl (C=O) groups excluding carboxylic acids is 2. The largest absolute Gasteiger partial charge is 0.290 e. The van der Waals surface area contributed by atoms with Crippen LogP contribution >= 0.6 is 0 Å². The molecule has 1 fully saturated rings. The minimum Gasteiger partial charge on any atom is -0.290 e. The van der Waals surface area contributed by atoms with E-state index in [0.717, 1.165) is 0 Å². The molecule has 0 atom stereocenters. The molecule has 0 bridgehead atoms. The zero-order chi connectivity index (χ0) is 10.9. The Hall–Kier alpha value is -1.68. The van der Waals surface area contributed by atoms with Gasteiger partial charge in [0.15, 0.2) is 5.78 Å². The summed E-state index contributed by atoms with van der Waals surface area (Å²) in [6.07, 6.45) is 8.22. The van der Waals surface area contributed by atoms with Crippen molar-refractivity contribution in [2.24, 2.45) is 0 Å². The van der Waals surface area contributed by atoms with Crippen LogP contribution in [0, 0.1) is 0 Å². The Balaban J connectivity index is 2.13. The molecule has 1 aliphatic heterocycles. The van der Waals surface area contributed by atoms with Crippen LogP contribution in [0.2, 0.25) is 0 Å². The minimum atomic E-state index is -0.548. The number of allylic oxidation sites excluding steroid dienone is 2. The molecule has 0 saturated carbocycles. The van der Waals surface area contributed by atoms with Crippen molar-refractivity contribution in [1.82, 2.24) is 5.06 Å². The van der Waals surface area contributed by atoms with E-state index in [2.05, 4.69) is 6.58 Å². The lowest BCUT2D eigenvalue weighted by molar-refractivity contribution is -0.231. The van der Waals surface area contributed by atoms with E-state index in [1.807, 2.05) is 0 Å². The second kappa shape index (κ2) is 3.47. The zero-order valence-electron chi connectivity index (χ0n) is 8.18. The van der Waals surface area contributed by atoms with E-state index >= 15 is 0 Å². The number of rotatable bonds is 3. The number of hydrogen-bond acceptors (Lipinski definition) is 3. The fourth-order valence-corrected chi connectivity index (χ4v) is 1.66. The molecule has 2 rings (SSSR count). The van der Waals surface area contributed by atoms with E-state index in [-0.39, 0.29) is 18.3 Å². The topological polar surface area (TPSA) is 46.6 Å². The molecule has 1 saturated heterocycles. The van der Waals surface area contributed by atoms with Crippen LogP contribution in [0.3, 0.4) is 0 Å². The lowest BCUT2D eigenvalue weighted by Gasteiger charge is -2.47. The standard InChI is InChI=1S/C11H11NO3/c1-2-7-15-12-10(14)8-11(12)5-3-9(13)4-6-11/h2-6H,1,7-8H2. The van der Waals surface area contributed by atoms with Gasteiger partial charge in [0.25, 0.3) is 0 Å². The number of amides is 1. The van der Waals surface area contributed by atoms with Crippen LogP contribution < -0.4 is 0 Å². The Labute approximate surface area is 87.5 Å². The van der Waals surface area contributed by atoms with Crippen LogP contribution in [-0.2, 0) is 14.4 Å².